The molecule has 2 aromatic carbocycles. The van der Waals surface area contributed by atoms with E-state index in [1.807, 2.05) is 24.3 Å². The van der Waals surface area contributed by atoms with Crippen molar-refractivity contribution in [3.05, 3.63) is 78.8 Å². The first-order valence-electron chi connectivity index (χ1n) is 7.99. The molecule has 0 unspecified atom stereocenters. The minimum atomic E-state index is -4.65. The Balaban J connectivity index is 2.09. The zero-order chi connectivity index (χ0) is 19.8. The summed E-state index contributed by atoms with van der Waals surface area (Å²) in [5, 5.41) is 2.94. The summed E-state index contributed by atoms with van der Waals surface area (Å²) in [7, 11) is -4.65. The minimum absolute atomic E-state index is 0.172. The van der Waals surface area contributed by atoms with Gasteiger partial charge in [0.15, 0.2) is 0 Å². The van der Waals surface area contributed by atoms with Crippen LogP contribution in [0.1, 0.15) is 29.9 Å². The number of fused-ring (bicyclic) bond motifs is 1. The minimum Gasteiger partial charge on any atom is -0.323 e. The van der Waals surface area contributed by atoms with Gasteiger partial charge in [-0.2, -0.15) is 0 Å². The lowest BCUT2D eigenvalue weighted by Gasteiger charge is -2.25. The molecule has 5 N–H and O–H groups in total. The van der Waals surface area contributed by atoms with Crippen LogP contribution in [0.15, 0.2) is 56.5 Å². The molecule has 142 valence electrons. The Kier molecular flexibility index (Phi) is 5.50. The van der Waals surface area contributed by atoms with E-state index >= 15 is 0 Å². The number of rotatable bonds is 5. The molecule has 3 aromatic rings. The fraction of sp³-hybridized carbons (Fsp3) is 0.176. The van der Waals surface area contributed by atoms with Gasteiger partial charge >= 0.3 is 18.7 Å². The monoisotopic (exact) mass is 453 g/mol. The fourth-order valence-corrected chi connectivity index (χ4v) is 4.10. The molecule has 0 saturated carbocycles. The first-order valence-corrected chi connectivity index (χ1v) is 10.5. The van der Waals surface area contributed by atoms with Crippen molar-refractivity contribution in [2.45, 2.75) is 18.7 Å². The van der Waals surface area contributed by atoms with Gasteiger partial charge in [-0.15, -0.1) is 0 Å². The van der Waals surface area contributed by atoms with Crippen molar-refractivity contribution in [1.29, 1.82) is 0 Å². The summed E-state index contributed by atoms with van der Waals surface area (Å²) >= 11 is 3.35. The highest BCUT2D eigenvalue weighted by molar-refractivity contribution is 9.10. The van der Waals surface area contributed by atoms with Crippen molar-refractivity contribution in [3.8, 4) is 0 Å². The van der Waals surface area contributed by atoms with E-state index in [2.05, 4.69) is 31.2 Å². The van der Waals surface area contributed by atoms with Gasteiger partial charge in [0, 0.05) is 16.1 Å². The molecule has 10 heteroatoms. The molecule has 0 fully saturated rings. The molecule has 1 heterocycles. The van der Waals surface area contributed by atoms with E-state index in [1.165, 1.54) is 6.07 Å². The van der Waals surface area contributed by atoms with E-state index in [0.717, 1.165) is 10.0 Å². The average molecular weight is 454 g/mol. The van der Waals surface area contributed by atoms with Crippen LogP contribution in [0.4, 0.5) is 0 Å². The van der Waals surface area contributed by atoms with Crippen molar-refractivity contribution in [2.24, 2.45) is 0 Å². The Bertz CT molecular complexity index is 1140. The quantitative estimate of drug-likeness (QED) is 0.297. The van der Waals surface area contributed by atoms with Gasteiger partial charge in [0.05, 0.1) is 11.0 Å². The highest BCUT2D eigenvalue weighted by Crippen LogP contribution is 2.51. The highest BCUT2D eigenvalue weighted by atomic mass is 79.9. The van der Waals surface area contributed by atoms with Crippen LogP contribution < -0.4 is 16.4 Å². The number of aromatic nitrogens is 2. The summed E-state index contributed by atoms with van der Waals surface area (Å²) in [5.41, 5.74) is -0.236. The normalized spacial score (nSPS) is 14.2. The predicted molar refractivity (Wildman–Crippen MR) is 106 cm³/mol. The average Bonchev–Trinajstić information content (AvgIpc) is 2.60. The van der Waals surface area contributed by atoms with E-state index in [-0.39, 0.29) is 22.6 Å². The lowest BCUT2D eigenvalue weighted by molar-refractivity contribution is 0.341. The number of hydrogen-bond acceptors (Lipinski definition) is 4. The van der Waals surface area contributed by atoms with Crippen molar-refractivity contribution in [1.82, 2.24) is 15.3 Å². The number of nitrogens with one attached hydrogen (secondary N) is 3. The van der Waals surface area contributed by atoms with Crippen molar-refractivity contribution < 1.29 is 14.4 Å². The maximum Gasteiger partial charge on any atom is 0.346 e. The molecule has 0 aliphatic rings. The van der Waals surface area contributed by atoms with Crippen LogP contribution in [0.5, 0.6) is 0 Å². The van der Waals surface area contributed by atoms with Gasteiger partial charge in [-0.25, -0.2) is 0 Å². The molecular formula is C17H17BrN3O5P. The molecule has 2 atom stereocenters. The number of H-pyrrole nitrogens is 2. The second-order valence-corrected chi connectivity index (χ2v) is 8.72. The lowest BCUT2D eigenvalue weighted by Crippen LogP contribution is -2.30. The van der Waals surface area contributed by atoms with E-state index in [9.17, 15) is 23.9 Å². The number of para-hydroxylation sites is 1. The highest BCUT2D eigenvalue weighted by Gasteiger charge is 2.33. The molecule has 0 spiro atoms. The Labute approximate surface area is 161 Å². The van der Waals surface area contributed by atoms with Crippen LogP contribution in [0.2, 0.25) is 0 Å². The molecule has 8 nitrogen and oxygen atoms in total. The molecule has 0 bridgehead atoms. The second kappa shape index (κ2) is 7.53. The Hall–Kier alpha value is -2.03. The zero-order valence-electron chi connectivity index (χ0n) is 14.1. The smallest absolute Gasteiger partial charge is 0.323 e. The van der Waals surface area contributed by atoms with Crippen molar-refractivity contribution >= 4 is 34.6 Å². The first kappa shape index (κ1) is 19.7. The largest absolute Gasteiger partial charge is 0.346 e. The van der Waals surface area contributed by atoms with Crippen LogP contribution in [0, 0.1) is 0 Å². The van der Waals surface area contributed by atoms with Crippen LogP contribution in [-0.4, -0.2) is 19.8 Å². The van der Waals surface area contributed by atoms with Gasteiger partial charge in [-0.1, -0.05) is 40.2 Å². The molecular weight excluding hydrogens is 437 g/mol. The Morgan fingerprint density at radius 1 is 1.04 bits per heavy atom. The summed E-state index contributed by atoms with van der Waals surface area (Å²) < 4.78 is 13.1. The molecule has 0 radical (unpaired) electrons. The molecule has 3 rings (SSSR count). The fourth-order valence-electron chi connectivity index (χ4n) is 2.84. The van der Waals surface area contributed by atoms with Gasteiger partial charge in [-0.05, 0) is 30.7 Å². The van der Waals surface area contributed by atoms with E-state index in [4.69, 9.17) is 0 Å². The standard InChI is InChI=1S/C17H17BrN3O5P/c1-9(10-5-7-11(18)8-6-10)19-17(27(24,25)26)12-3-2-4-13-14(12)21-16(23)15(22)20-13/h2-9,17,19H,1H3,(H,20,22)(H,21,23)(H2,24,25,26)/t9-,17-/m1/s1. The second-order valence-electron chi connectivity index (χ2n) is 6.11. The van der Waals surface area contributed by atoms with Crippen LogP contribution in [0.3, 0.4) is 0 Å². The number of halogens is 1. The molecule has 27 heavy (non-hydrogen) atoms. The summed E-state index contributed by atoms with van der Waals surface area (Å²) in [5.74, 6) is -1.37. The number of aromatic amines is 2. The molecule has 0 amide bonds. The number of benzene rings is 2. The molecule has 0 aliphatic carbocycles. The van der Waals surface area contributed by atoms with E-state index < -0.39 is 24.5 Å². The molecule has 0 saturated heterocycles. The number of hydrogen-bond donors (Lipinski definition) is 5. The maximum atomic E-state index is 12.2. The third-order valence-electron chi connectivity index (χ3n) is 4.20. The van der Waals surface area contributed by atoms with Gasteiger partial charge in [-0.3, -0.25) is 19.5 Å². The Morgan fingerprint density at radius 2 is 1.67 bits per heavy atom. The Morgan fingerprint density at radius 3 is 2.30 bits per heavy atom. The van der Waals surface area contributed by atoms with Crippen LogP contribution in [0.25, 0.3) is 11.0 Å². The first-order chi connectivity index (χ1) is 12.7. The zero-order valence-corrected chi connectivity index (χ0v) is 16.6. The van der Waals surface area contributed by atoms with Gasteiger partial charge in [0.2, 0.25) is 0 Å². The lowest BCUT2D eigenvalue weighted by atomic mass is 10.1. The third kappa shape index (κ3) is 4.28. The van der Waals surface area contributed by atoms with Crippen molar-refractivity contribution in [3.63, 3.8) is 0 Å². The predicted octanol–water partition coefficient (Wildman–Crippen LogP) is 2.51. The van der Waals surface area contributed by atoms with E-state index in [0.29, 0.717) is 0 Å². The van der Waals surface area contributed by atoms with Crippen LogP contribution >= 0.6 is 23.5 Å². The van der Waals surface area contributed by atoms with Crippen molar-refractivity contribution in [2.75, 3.05) is 0 Å². The van der Waals surface area contributed by atoms with Gasteiger partial charge < -0.3 is 19.8 Å². The summed E-state index contributed by atoms with van der Waals surface area (Å²) in [6.45, 7) is 1.78. The van der Waals surface area contributed by atoms with Gasteiger partial charge in [0.1, 0.15) is 5.78 Å². The summed E-state index contributed by atoms with van der Waals surface area (Å²) in [6, 6.07) is 11.6. The van der Waals surface area contributed by atoms with Gasteiger partial charge in [0.25, 0.3) is 0 Å². The summed E-state index contributed by atoms with van der Waals surface area (Å²) in [6.07, 6.45) is 0. The maximum absolute atomic E-state index is 12.2. The van der Waals surface area contributed by atoms with E-state index in [1.54, 1.807) is 19.1 Å². The summed E-state index contributed by atoms with van der Waals surface area (Å²) in [4.78, 5) is 47.9. The topological polar surface area (TPSA) is 135 Å². The molecule has 0 aliphatic heterocycles. The van der Waals surface area contributed by atoms with Crippen LogP contribution in [-0.2, 0) is 4.57 Å². The molecule has 1 aromatic heterocycles. The third-order valence-corrected chi connectivity index (χ3v) is 5.83. The SMILES string of the molecule is C[C@@H](N[C@@H](c1cccc2[nH]c(=O)c(=O)[nH]c12)P(=O)(O)O)c1ccc(Br)cc1.